The first-order chi connectivity index (χ1) is 24.7. The van der Waals surface area contributed by atoms with E-state index in [1.165, 1.54) is 0 Å². The van der Waals surface area contributed by atoms with Crippen LogP contribution in [0.1, 0.15) is 16.7 Å². The Kier molecular flexibility index (Phi) is 7.63. The Morgan fingerprint density at radius 3 is 1.62 bits per heavy atom. The number of nitrogens with zero attached hydrogens (tertiary/aromatic N) is 4. The lowest BCUT2D eigenvalue weighted by Crippen LogP contribution is -2.75. The summed E-state index contributed by atoms with van der Waals surface area (Å²) in [5.74, 6) is 0. The van der Waals surface area contributed by atoms with E-state index in [2.05, 4.69) is 120 Å². The largest absolute Gasteiger partial charge is 0.309 e. The standard InChI is InChI=1S/C45H28N4Si/c46-29-32-23-26-42-40(27-32)39-20-10-11-21-41(39)49(42)43-22-12-13-35(31-48)45(43)33-24-25-34(30-47)44(28-33)50(36-14-4-1-5-15-36,37-16-6-2-7-17-37)38-18-8-3-9-19-38/h1-28H. The molecule has 0 spiro atoms. The van der Waals surface area contributed by atoms with Crippen molar-refractivity contribution < 1.29 is 0 Å². The number of benzene rings is 7. The number of nitriles is 3. The van der Waals surface area contributed by atoms with Gasteiger partial charge >= 0.3 is 0 Å². The van der Waals surface area contributed by atoms with Gasteiger partial charge in [0.05, 0.1) is 51.6 Å². The summed E-state index contributed by atoms with van der Waals surface area (Å²) in [6.07, 6.45) is 0. The second kappa shape index (κ2) is 12.6. The summed E-state index contributed by atoms with van der Waals surface area (Å²) in [6, 6.07) is 64.7. The highest BCUT2D eigenvalue weighted by Gasteiger charge is 2.43. The van der Waals surface area contributed by atoms with Crippen molar-refractivity contribution in [1.29, 1.82) is 15.8 Å². The Morgan fingerprint density at radius 1 is 0.440 bits per heavy atom. The number of hydrogen-bond donors (Lipinski definition) is 0. The van der Waals surface area contributed by atoms with Crippen LogP contribution in [0.5, 0.6) is 0 Å². The van der Waals surface area contributed by atoms with Crippen LogP contribution < -0.4 is 20.7 Å². The van der Waals surface area contributed by atoms with Gasteiger partial charge in [0.15, 0.2) is 8.07 Å². The Labute approximate surface area is 291 Å². The molecule has 0 aliphatic carbocycles. The zero-order valence-corrected chi connectivity index (χ0v) is 28.0. The van der Waals surface area contributed by atoms with Crippen LogP contribution in [0.4, 0.5) is 0 Å². The molecular formula is C45H28N4Si. The van der Waals surface area contributed by atoms with E-state index in [0.717, 1.165) is 59.4 Å². The maximum atomic E-state index is 10.8. The molecule has 0 amide bonds. The van der Waals surface area contributed by atoms with Crippen LogP contribution >= 0.6 is 0 Å². The van der Waals surface area contributed by atoms with Gasteiger partial charge in [-0.25, -0.2) is 0 Å². The molecule has 50 heavy (non-hydrogen) atoms. The predicted octanol–water partition coefficient (Wildman–Crippen LogP) is 7.44. The average Bonchev–Trinajstić information content (AvgIpc) is 3.52. The molecule has 0 saturated heterocycles. The number of para-hydroxylation sites is 1. The monoisotopic (exact) mass is 652 g/mol. The zero-order valence-electron chi connectivity index (χ0n) is 27.0. The third-order valence-corrected chi connectivity index (χ3v) is 14.5. The molecular weight excluding hydrogens is 625 g/mol. The minimum absolute atomic E-state index is 0.532. The highest BCUT2D eigenvalue weighted by Crippen LogP contribution is 2.38. The van der Waals surface area contributed by atoms with Crippen molar-refractivity contribution in [2.24, 2.45) is 0 Å². The molecule has 0 aliphatic rings. The maximum absolute atomic E-state index is 10.8. The molecule has 5 heteroatoms. The summed E-state index contributed by atoms with van der Waals surface area (Å²) < 4.78 is 2.19. The quantitative estimate of drug-likeness (QED) is 0.138. The van der Waals surface area contributed by atoms with E-state index in [-0.39, 0.29) is 0 Å². The van der Waals surface area contributed by atoms with Gasteiger partial charge in [0.1, 0.15) is 0 Å². The fourth-order valence-electron chi connectivity index (χ4n) is 7.56. The van der Waals surface area contributed by atoms with Crippen molar-refractivity contribution in [1.82, 2.24) is 4.57 Å². The summed E-state index contributed by atoms with van der Waals surface area (Å²) in [5, 5.41) is 37.5. The molecule has 4 nitrogen and oxygen atoms in total. The van der Waals surface area contributed by atoms with Crippen molar-refractivity contribution in [3.63, 3.8) is 0 Å². The lowest BCUT2D eigenvalue weighted by molar-refractivity contribution is 1.18. The highest BCUT2D eigenvalue weighted by molar-refractivity contribution is 7.20. The zero-order chi connectivity index (χ0) is 34.1. The van der Waals surface area contributed by atoms with Crippen LogP contribution in [0.25, 0.3) is 38.6 Å². The Balaban J connectivity index is 1.49. The molecule has 0 saturated carbocycles. The predicted molar refractivity (Wildman–Crippen MR) is 204 cm³/mol. The van der Waals surface area contributed by atoms with Crippen LogP contribution in [-0.4, -0.2) is 12.6 Å². The highest BCUT2D eigenvalue weighted by atomic mass is 28.3. The van der Waals surface area contributed by atoms with Crippen LogP contribution in [0.3, 0.4) is 0 Å². The number of rotatable bonds is 6. The summed E-state index contributed by atoms with van der Waals surface area (Å²) in [4.78, 5) is 0. The SMILES string of the molecule is N#Cc1ccc2c(c1)c1ccccc1n2-c1cccc(C#N)c1-c1ccc(C#N)c([Si](c2ccccc2)(c2ccccc2)c2ccccc2)c1. The van der Waals surface area contributed by atoms with Crippen molar-refractivity contribution in [3.8, 4) is 35.0 Å². The van der Waals surface area contributed by atoms with Crippen LogP contribution in [-0.2, 0) is 0 Å². The molecule has 0 bridgehead atoms. The van der Waals surface area contributed by atoms with Crippen LogP contribution in [0.15, 0.2) is 170 Å². The maximum Gasteiger partial charge on any atom is 0.180 e. The fraction of sp³-hybridized carbons (Fsp3) is 0. The van der Waals surface area contributed by atoms with Gasteiger partial charge in [0.2, 0.25) is 0 Å². The Hall–Kier alpha value is -6.97. The summed E-state index contributed by atoms with van der Waals surface area (Å²) in [7, 11) is -3.08. The first-order valence-corrected chi connectivity index (χ1v) is 18.4. The van der Waals surface area contributed by atoms with Gasteiger partial charge in [-0.2, -0.15) is 15.8 Å². The van der Waals surface area contributed by atoms with Crippen LogP contribution in [0, 0.1) is 34.0 Å². The third-order valence-electron chi connectivity index (χ3n) is 9.66. The molecule has 7 aromatic carbocycles. The molecule has 0 aliphatic heterocycles. The second-order valence-corrected chi connectivity index (χ2v) is 16.0. The van der Waals surface area contributed by atoms with E-state index in [9.17, 15) is 15.8 Å². The van der Waals surface area contributed by atoms with Crippen molar-refractivity contribution in [2.75, 3.05) is 0 Å². The van der Waals surface area contributed by atoms with E-state index >= 15 is 0 Å². The van der Waals surface area contributed by atoms with E-state index in [1.54, 1.807) is 0 Å². The van der Waals surface area contributed by atoms with Crippen molar-refractivity contribution in [2.45, 2.75) is 0 Å². The van der Waals surface area contributed by atoms with Gasteiger partial charge < -0.3 is 4.57 Å². The number of fused-ring (bicyclic) bond motifs is 3. The minimum atomic E-state index is -3.08. The normalized spacial score (nSPS) is 11.1. The number of aromatic nitrogens is 1. The van der Waals surface area contributed by atoms with E-state index in [0.29, 0.717) is 16.7 Å². The summed E-state index contributed by atoms with van der Waals surface area (Å²) >= 11 is 0. The van der Waals surface area contributed by atoms with E-state index < -0.39 is 8.07 Å². The Bertz CT molecular complexity index is 2580. The topological polar surface area (TPSA) is 76.3 Å². The van der Waals surface area contributed by atoms with Gasteiger partial charge in [-0.05, 0) is 68.8 Å². The molecule has 0 unspecified atom stereocenters. The van der Waals surface area contributed by atoms with Gasteiger partial charge in [0, 0.05) is 16.3 Å². The van der Waals surface area contributed by atoms with Gasteiger partial charge in [-0.3, -0.25) is 0 Å². The van der Waals surface area contributed by atoms with Gasteiger partial charge in [0.25, 0.3) is 0 Å². The van der Waals surface area contributed by atoms with Gasteiger partial charge in [-0.15, -0.1) is 0 Å². The third kappa shape index (κ3) is 4.72. The molecule has 8 aromatic rings. The minimum Gasteiger partial charge on any atom is -0.309 e. The van der Waals surface area contributed by atoms with E-state index in [4.69, 9.17) is 0 Å². The summed E-state index contributed by atoms with van der Waals surface area (Å²) in [6.45, 7) is 0. The molecule has 0 radical (unpaired) electrons. The Morgan fingerprint density at radius 2 is 1.02 bits per heavy atom. The van der Waals surface area contributed by atoms with Crippen LogP contribution in [0.2, 0.25) is 0 Å². The molecule has 0 atom stereocenters. The number of hydrogen-bond acceptors (Lipinski definition) is 3. The second-order valence-electron chi connectivity index (χ2n) is 12.2. The van der Waals surface area contributed by atoms with E-state index in [1.807, 2.05) is 72.8 Å². The van der Waals surface area contributed by atoms with Gasteiger partial charge in [-0.1, -0.05) is 127 Å². The lowest BCUT2D eigenvalue weighted by atomic mass is 9.97. The smallest absolute Gasteiger partial charge is 0.180 e. The lowest BCUT2D eigenvalue weighted by Gasteiger charge is -2.35. The molecule has 1 heterocycles. The molecule has 0 N–H and O–H groups in total. The van der Waals surface area contributed by atoms with Crippen molar-refractivity contribution >= 4 is 50.6 Å². The van der Waals surface area contributed by atoms with Crippen molar-refractivity contribution in [3.05, 3.63) is 187 Å². The first kappa shape index (κ1) is 30.4. The summed E-state index contributed by atoms with van der Waals surface area (Å²) in [5.41, 5.74) is 6.13. The first-order valence-electron chi connectivity index (χ1n) is 16.4. The molecule has 232 valence electrons. The average molecular weight is 653 g/mol. The molecule has 0 fully saturated rings. The molecule has 8 rings (SSSR count). The molecule has 1 aromatic heterocycles. The fourth-order valence-corrected chi connectivity index (χ4v) is 12.5.